The fraction of sp³-hybridized carbons (Fsp3) is 0. The first kappa shape index (κ1) is 16.1. The summed E-state index contributed by atoms with van der Waals surface area (Å²) >= 11 is 1.49. The highest BCUT2D eigenvalue weighted by molar-refractivity contribution is 7.14. The lowest BCUT2D eigenvalue weighted by Crippen LogP contribution is -1.90. The van der Waals surface area contributed by atoms with Crippen LogP contribution in [0.5, 0.6) is 0 Å². The summed E-state index contributed by atoms with van der Waals surface area (Å²) in [5, 5.41) is 6.79. The van der Waals surface area contributed by atoms with E-state index in [1.165, 1.54) is 23.5 Å². The van der Waals surface area contributed by atoms with Gasteiger partial charge < -0.3 is 0 Å². The van der Waals surface area contributed by atoms with Crippen molar-refractivity contribution in [2.45, 2.75) is 0 Å². The Kier molecular flexibility index (Phi) is 5.63. The van der Waals surface area contributed by atoms with E-state index in [4.69, 9.17) is 0 Å². The van der Waals surface area contributed by atoms with Crippen molar-refractivity contribution in [2.24, 2.45) is 5.10 Å². The van der Waals surface area contributed by atoms with E-state index in [-0.39, 0.29) is 18.2 Å². The van der Waals surface area contributed by atoms with E-state index in [1.54, 1.807) is 18.3 Å². The van der Waals surface area contributed by atoms with E-state index in [9.17, 15) is 4.39 Å². The third-order valence-corrected chi connectivity index (χ3v) is 3.56. The van der Waals surface area contributed by atoms with Gasteiger partial charge in [0.1, 0.15) is 5.82 Å². The number of halogens is 2. The maximum Gasteiger partial charge on any atom is 0.203 e. The van der Waals surface area contributed by atoms with Crippen LogP contribution in [0.3, 0.4) is 0 Å². The Morgan fingerprint density at radius 2 is 1.77 bits per heavy atom. The number of thiazole rings is 1. The van der Waals surface area contributed by atoms with E-state index < -0.39 is 0 Å². The summed E-state index contributed by atoms with van der Waals surface area (Å²) in [6, 6.07) is 16.1. The van der Waals surface area contributed by atoms with Crippen LogP contribution in [-0.4, -0.2) is 11.2 Å². The van der Waals surface area contributed by atoms with Gasteiger partial charge in [0.25, 0.3) is 0 Å². The van der Waals surface area contributed by atoms with Gasteiger partial charge in [-0.1, -0.05) is 42.5 Å². The zero-order chi connectivity index (χ0) is 14.5. The zero-order valence-corrected chi connectivity index (χ0v) is 13.1. The number of aromatic nitrogens is 1. The minimum absolute atomic E-state index is 0. The van der Waals surface area contributed by atoms with E-state index >= 15 is 0 Å². The molecule has 0 radical (unpaired) electrons. The van der Waals surface area contributed by atoms with Gasteiger partial charge in [0.2, 0.25) is 5.13 Å². The summed E-state index contributed by atoms with van der Waals surface area (Å²) in [4.78, 5) is 4.46. The van der Waals surface area contributed by atoms with Crippen LogP contribution in [0.25, 0.3) is 11.3 Å². The molecule has 3 aromatic rings. The molecule has 3 rings (SSSR count). The second-order valence-electron chi connectivity index (χ2n) is 4.33. The van der Waals surface area contributed by atoms with Crippen molar-refractivity contribution in [3.05, 3.63) is 71.4 Å². The summed E-state index contributed by atoms with van der Waals surface area (Å²) in [6.45, 7) is 0. The lowest BCUT2D eigenvalue weighted by molar-refractivity contribution is 0.628. The van der Waals surface area contributed by atoms with Crippen molar-refractivity contribution < 1.29 is 4.39 Å². The highest BCUT2D eigenvalue weighted by atomic mass is 35.5. The Labute approximate surface area is 138 Å². The highest BCUT2D eigenvalue weighted by Crippen LogP contribution is 2.24. The maximum atomic E-state index is 12.8. The molecule has 0 aliphatic carbocycles. The van der Waals surface area contributed by atoms with Crippen molar-refractivity contribution in [2.75, 3.05) is 5.43 Å². The Morgan fingerprint density at radius 1 is 1.05 bits per heavy atom. The average Bonchev–Trinajstić information content (AvgIpc) is 2.99. The molecular weight excluding hydrogens is 321 g/mol. The van der Waals surface area contributed by atoms with Crippen LogP contribution >= 0.6 is 23.7 Å². The maximum absolute atomic E-state index is 12.8. The predicted molar refractivity (Wildman–Crippen MR) is 92.4 cm³/mol. The minimum atomic E-state index is -0.257. The molecule has 112 valence electrons. The van der Waals surface area contributed by atoms with Gasteiger partial charge in [-0.05, 0) is 17.7 Å². The zero-order valence-electron chi connectivity index (χ0n) is 11.4. The fourth-order valence-corrected chi connectivity index (χ4v) is 2.45. The Bertz CT molecular complexity index is 742. The number of nitrogens with one attached hydrogen (secondary N) is 1. The second kappa shape index (κ2) is 7.68. The van der Waals surface area contributed by atoms with Crippen LogP contribution < -0.4 is 5.43 Å². The van der Waals surface area contributed by atoms with Crippen molar-refractivity contribution in [1.29, 1.82) is 0 Å². The Balaban J connectivity index is 0.00000176. The number of benzene rings is 2. The monoisotopic (exact) mass is 333 g/mol. The Hall–Kier alpha value is -2.24. The van der Waals surface area contributed by atoms with Gasteiger partial charge in [0.15, 0.2) is 0 Å². The molecule has 22 heavy (non-hydrogen) atoms. The SMILES string of the molecule is Cl.Fc1ccc(/C=N/Nc2nc(-c3ccccc3)cs2)cc1. The summed E-state index contributed by atoms with van der Waals surface area (Å²) in [5.41, 5.74) is 5.69. The molecule has 0 saturated carbocycles. The molecule has 2 aromatic carbocycles. The molecule has 0 fully saturated rings. The van der Waals surface area contributed by atoms with Crippen LogP contribution in [0.2, 0.25) is 0 Å². The molecule has 0 amide bonds. The Morgan fingerprint density at radius 3 is 2.50 bits per heavy atom. The highest BCUT2D eigenvalue weighted by Gasteiger charge is 2.02. The van der Waals surface area contributed by atoms with E-state index in [1.807, 2.05) is 35.7 Å². The van der Waals surface area contributed by atoms with E-state index in [2.05, 4.69) is 15.5 Å². The van der Waals surface area contributed by atoms with Crippen LogP contribution in [0.4, 0.5) is 9.52 Å². The van der Waals surface area contributed by atoms with Gasteiger partial charge in [-0.3, -0.25) is 5.43 Å². The minimum Gasteiger partial charge on any atom is -0.253 e. The lowest BCUT2D eigenvalue weighted by Gasteiger charge is -1.95. The van der Waals surface area contributed by atoms with Gasteiger partial charge in [-0.25, -0.2) is 9.37 Å². The number of anilines is 1. The van der Waals surface area contributed by atoms with Crippen LogP contribution in [0.1, 0.15) is 5.56 Å². The number of rotatable bonds is 4. The molecule has 6 heteroatoms. The van der Waals surface area contributed by atoms with E-state index in [0.717, 1.165) is 16.8 Å². The van der Waals surface area contributed by atoms with Gasteiger partial charge in [-0.2, -0.15) is 5.10 Å². The van der Waals surface area contributed by atoms with Gasteiger partial charge in [0.05, 0.1) is 11.9 Å². The topological polar surface area (TPSA) is 37.3 Å². The standard InChI is InChI=1S/C16H12FN3S.ClH/c17-14-8-6-12(7-9-14)10-18-20-16-19-15(11-21-16)13-4-2-1-3-5-13;/h1-11H,(H,19,20);1H/b18-10+;. The number of hydrogen-bond acceptors (Lipinski definition) is 4. The summed E-state index contributed by atoms with van der Waals surface area (Å²) in [6.07, 6.45) is 1.63. The number of hydrogen-bond donors (Lipinski definition) is 1. The molecule has 0 bridgehead atoms. The van der Waals surface area contributed by atoms with Crippen LogP contribution in [0, 0.1) is 5.82 Å². The van der Waals surface area contributed by atoms with E-state index in [0.29, 0.717) is 5.13 Å². The number of hydrazone groups is 1. The first-order valence-electron chi connectivity index (χ1n) is 6.37. The average molecular weight is 334 g/mol. The smallest absolute Gasteiger partial charge is 0.203 e. The normalized spacial score (nSPS) is 10.4. The first-order chi connectivity index (χ1) is 10.3. The van der Waals surface area contributed by atoms with Gasteiger partial charge >= 0.3 is 0 Å². The third kappa shape index (κ3) is 4.13. The van der Waals surface area contributed by atoms with Crippen molar-refractivity contribution in [3.63, 3.8) is 0 Å². The molecule has 0 aliphatic heterocycles. The molecular formula is C16H13ClFN3S. The number of nitrogens with zero attached hydrogens (tertiary/aromatic N) is 2. The molecule has 1 heterocycles. The summed E-state index contributed by atoms with van der Waals surface area (Å²) in [5.74, 6) is -0.257. The summed E-state index contributed by atoms with van der Waals surface area (Å²) in [7, 11) is 0. The van der Waals surface area contributed by atoms with Gasteiger partial charge in [-0.15, -0.1) is 23.7 Å². The fourth-order valence-electron chi connectivity index (χ4n) is 1.78. The van der Waals surface area contributed by atoms with Crippen molar-refractivity contribution in [1.82, 2.24) is 4.98 Å². The molecule has 1 aromatic heterocycles. The molecule has 1 N–H and O–H groups in total. The lowest BCUT2D eigenvalue weighted by atomic mass is 10.2. The molecule has 0 spiro atoms. The molecule has 0 saturated heterocycles. The predicted octanol–water partition coefficient (Wildman–Crippen LogP) is 4.82. The largest absolute Gasteiger partial charge is 0.253 e. The van der Waals surface area contributed by atoms with Crippen LogP contribution in [-0.2, 0) is 0 Å². The molecule has 0 aliphatic rings. The molecule has 0 atom stereocenters. The van der Waals surface area contributed by atoms with Gasteiger partial charge in [0, 0.05) is 10.9 Å². The quantitative estimate of drug-likeness (QED) is 0.549. The summed E-state index contributed by atoms with van der Waals surface area (Å²) < 4.78 is 12.8. The third-order valence-electron chi connectivity index (χ3n) is 2.82. The second-order valence-corrected chi connectivity index (χ2v) is 5.18. The first-order valence-corrected chi connectivity index (χ1v) is 7.25. The van der Waals surface area contributed by atoms with Crippen molar-refractivity contribution >= 4 is 35.1 Å². The van der Waals surface area contributed by atoms with Crippen LogP contribution in [0.15, 0.2) is 65.1 Å². The molecule has 3 nitrogen and oxygen atoms in total. The van der Waals surface area contributed by atoms with Crippen molar-refractivity contribution in [3.8, 4) is 11.3 Å². The molecule has 0 unspecified atom stereocenters.